The minimum absolute atomic E-state index is 0.137. The summed E-state index contributed by atoms with van der Waals surface area (Å²) in [7, 11) is 0. The second-order valence-corrected chi connectivity index (χ2v) is 4.79. The summed E-state index contributed by atoms with van der Waals surface area (Å²) in [6.45, 7) is 3.05. The van der Waals surface area contributed by atoms with E-state index in [1.54, 1.807) is 12.4 Å². The first-order valence-corrected chi connectivity index (χ1v) is 6.78. The van der Waals surface area contributed by atoms with Gasteiger partial charge >= 0.3 is 0 Å². The molecule has 2 rings (SSSR count). The number of nitrogens with zero attached hydrogens (tertiary/aromatic N) is 3. The van der Waals surface area contributed by atoms with Gasteiger partial charge < -0.3 is 11.1 Å². The lowest BCUT2D eigenvalue weighted by atomic mass is 10.3. The van der Waals surface area contributed by atoms with Crippen LogP contribution in [0.1, 0.15) is 25.3 Å². The minimum atomic E-state index is -0.287. The molecule has 0 radical (unpaired) electrons. The van der Waals surface area contributed by atoms with E-state index in [9.17, 15) is 4.79 Å². The molecule has 2 aromatic heterocycles. The molecule has 0 aliphatic carbocycles. The fraction of sp³-hybridized carbons (Fsp3) is 0.417. The first kappa shape index (κ1) is 14.4. The van der Waals surface area contributed by atoms with E-state index in [1.807, 2.05) is 0 Å². The van der Waals surface area contributed by atoms with Crippen LogP contribution in [0.2, 0.25) is 5.02 Å². The summed E-state index contributed by atoms with van der Waals surface area (Å²) >= 11 is 6.07. The molecule has 2 heterocycles. The number of H-pyrrole nitrogens is 1. The number of aromatic nitrogens is 4. The second kappa shape index (κ2) is 6.42. The normalized spacial score (nSPS) is 10.7. The average Bonchev–Trinajstić information content (AvgIpc) is 2.85. The van der Waals surface area contributed by atoms with Crippen LogP contribution < -0.4 is 16.6 Å². The Labute approximate surface area is 121 Å². The number of hydrogen-bond acceptors (Lipinski definition) is 5. The molecular weight excluding hydrogens is 280 g/mol. The van der Waals surface area contributed by atoms with Crippen LogP contribution in [0.3, 0.4) is 0 Å². The van der Waals surface area contributed by atoms with E-state index in [1.165, 1.54) is 4.68 Å². The van der Waals surface area contributed by atoms with Gasteiger partial charge in [0.05, 0.1) is 18.1 Å². The number of anilines is 2. The minimum Gasteiger partial charge on any atom is -0.384 e. The number of unbranched alkanes of at least 4 members (excludes halogenated alkanes) is 1. The highest BCUT2D eigenvalue weighted by Gasteiger charge is 2.09. The highest BCUT2D eigenvalue weighted by molar-refractivity contribution is 6.32. The Morgan fingerprint density at radius 3 is 2.95 bits per heavy atom. The Morgan fingerprint density at radius 2 is 2.30 bits per heavy atom. The monoisotopic (exact) mass is 296 g/mol. The van der Waals surface area contributed by atoms with Crippen LogP contribution in [0.15, 0.2) is 17.2 Å². The second-order valence-electron chi connectivity index (χ2n) is 4.42. The third-order valence-electron chi connectivity index (χ3n) is 2.93. The molecule has 0 spiro atoms. The number of rotatable bonds is 6. The van der Waals surface area contributed by atoms with Crippen LogP contribution in [0.5, 0.6) is 0 Å². The smallest absolute Gasteiger partial charge is 0.287 e. The molecule has 4 N–H and O–H groups in total. The summed E-state index contributed by atoms with van der Waals surface area (Å²) in [5, 5.41) is 13.7. The molecule has 0 aliphatic heterocycles. The number of nitrogens with one attached hydrogen (secondary N) is 2. The van der Waals surface area contributed by atoms with Crippen LogP contribution in [0.4, 0.5) is 11.5 Å². The van der Waals surface area contributed by atoms with Gasteiger partial charge in [-0.25, -0.2) is 4.68 Å². The largest absolute Gasteiger partial charge is 0.384 e. The zero-order valence-electron chi connectivity index (χ0n) is 11.2. The maximum absolute atomic E-state index is 12.0. The van der Waals surface area contributed by atoms with Gasteiger partial charge in [-0.3, -0.25) is 9.89 Å². The number of halogens is 1. The molecule has 0 fully saturated rings. The van der Waals surface area contributed by atoms with Gasteiger partial charge in [-0.05, 0) is 6.42 Å². The van der Waals surface area contributed by atoms with Gasteiger partial charge in [-0.2, -0.15) is 10.2 Å². The number of nitrogen functional groups attached to an aromatic ring is 1. The van der Waals surface area contributed by atoms with Crippen molar-refractivity contribution in [3.63, 3.8) is 0 Å². The van der Waals surface area contributed by atoms with Gasteiger partial charge in [-0.1, -0.05) is 24.9 Å². The zero-order chi connectivity index (χ0) is 14.5. The molecule has 0 bridgehead atoms. The van der Waals surface area contributed by atoms with Gasteiger partial charge in [-0.15, -0.1) is 0 Å². The molecule has 0 saturated carbocycles. The zero-order valence-corrected chi connectivity index (χ0v) is 11.9. The molecule has 0 aromatic carbocycles. The average molecular weight is 297 g/mol. The molecule has 2 aromatic rings. The van der Waals surface area contributed by atoms with Crippen molar-refractivity contribution >= 4 is 23.1 Å². The lowest BCUT2D eigenvalue weighted by Crippen LogP contribution is -2.24. The SMILES string of the molecule is CCCCn1ncc(NCc2cn[nH]c2N)c(Cl)c1=O. The van der Waals surface area contributed by atoms with E-state index in [4.69, 9.17) is 17.3 Å². The lowest BCUT2D eigenvalue weighted by Gasteiger charge is -2.09. The van der Waals surface area contributed by atoms with Crippen molar-refractivity contribution in [1.29, 1.82) is 0 Å². The summed E-state index contributed by atoms with van der Waals surface area (Å²) in [5.41, 5.74) is 6.69. The van der Waals surface area contributed by atoms with Crippen LogP contribution in [-0.2, 0) is 13.1 Å². The fourth-order valence-corrected chi connectivity index (χ4v) is 1.92. The number of aryl methyl sites for hydroxylation is 1. The summed E-state index contributed by atoms with van der Waals surface area (Å²) in [4.78, 5) is 12.0. The Kier molecular flexibility index (Phi) is 4.62. The molecule has 0 unspecified atom stereocenters. The van der Waals surface area contributed by atoms with Crippen molar-refractivity contribution in [1.82, 2.24) is 20.0 Å². The maximum Gasteiger partial charge on any atom is 0.287 e. The number of aromatic amines is 1. The third-order valence-corrected chi connectivity index (χ3v) is 3.29. The molecule has 108 valence electrons. The Bertz CT molecular complexity index is 635. The fourth-order valence-electron chi connectivity index (χ4n) is 1.71. The van der Waals surface area contributed by atoms with Gasteiger partial charge in [0, 0.05) is 18.7 Å². The van der Waals surface area contributed by atoms with Crippen LogP contribution >= 0.6 is 11.6 Å². The van der Waals surface area contributed by atoms with E-state index < -0.39 is 0 Å². The standard InChI is InChI=1S/C12H17ClN6O/c1-2-3-4-19-12(20)10(13)9(7-17-19)15-5-8-6-16-18-11(8)14/h6-7,15H,2-5H2,1H3,(H3,14,16,18). The van der Waals surface area contributed by atoms with E-state index in [0.717, 1.165) is 18.4 Å². The highest BCUT2D eigenvalue weighted by Crippen LogP contribution is 2.17. The van der Waals surface area contributed by atoms with Crippen molar-refractivity contribution < 1.29 is 0 Å². The highest BCUT2D eigenvalue weighted by atomic mass is 35.5. The third kappa shape index (κ3) is 3.11. The summed E-state index contributed by atoms with van der Waals surface area (Å²) in [6, 6.07) is 0. The van der Waals surface area contributed by atoms with E-state index >= 15 is 0 Å². The van der Waals surface area contributed by atoms with Crippen LogP contribution in [0, 0.1) is 0 Å². The van der Waals surface area contributed by atoms with Gasteiger partial charge in [0.15, 0.2) is 0 Å². The van der Waals surface area contributed by atoms with Gasteiger partial charge in [0.25, 0.3) is 5.56 Å². The predicted molar refractivity (Wildman–Crippen MR) is 78.7 cm³/mol. The van der Waals surface area contributed by atoms with E-state index in [2.05, 4.69) is 27.5 Å². The number of hydrogen-bond donors (Lipinski definition) is 3. The first-order chi connectivity index (χ1) is 9.63. The van der Waals surface area contributed by atoms with Crippen molar-refractivity contribution in [3.05, 3.63) is 33.3 Å². The maximum atomic E-state index is 12.0. The van der Waals surface area contributed by atoms with Crippen molar-refractivity contribution in [2.75, 3.05) is 11.1 Å². The molecule has 7 nitrogen and oxygen atoms in total. The quantitative estimate of drug-likeness (QED) is 0.752. The lowest BCUT2D eigenvalue weighted by molar-refractivity contribution is 0.543. The Hall–Kier alpha value is -2.02. The van der Waals surface area contributed by atoms with Crippen molar-refractivity contribution in [2.24, 2.45) is 0 Å². The molecule has 8 heteroatoms. The first-order valence-electron chi connectivity index (χ1n) is 6.40. The van der Waals surface area contributed by atoms with Crippen LogP contribution in [-0.4, -0.2) is 20.0 Å². The number of nitrogens with two attached hydrogens (primary N) is 1. The molecule has 0 aliphatic rings. The molecule has 0 atom stereocenters. The van der Waals surface area contributed by atoms with Crippen LogP contribution in [0.25, 0.3) is 0 Å². The van der Waals surface area contributed by atoms with E-state index in [0.29, 0.717) is 24.6 Å². The summed E-state index contributed by atoms with van der Waals surface area (Å²) in [5.74, 6) is 0.484. The predicted octanol–water partition coefficient (Wildman–Crippen LogP) is 1.61. The van der Waals surface area contributed by atoms with Gasteiger partial charge in [0.1, 0.15) is 10.8 Å². The Balaban J connectivity index is 2.11. The molecule has 0 saturated heterocycles. The molecule has 20 heavy (non-hydrogen) atoms. The molecular formula is C12H17ClN6O. The Morgan fingerprint density at radius 1 is 1.50 bits per heavy atom. The van der Waals surface area contributed by atoms with E-state index in [-0.39, 0.29) is 10.6 Å². The molecule has 0 amide bonds. The van der Waals surface area contributed by atoms with Crippen molar-refractivity contribution in [2.45, 2.75) is 32.9 Å². The summed E-state index contributed by atoms with van der Waals surface area (Å²) in [6.07, 6.45) is 5.05. The van der Waals surface area contributed by atoms with Gasteiger partial charge in [0.2, 0.25) is 0 Å². The topological polar surface area (TPSA) is 102 Å². The summed E-state index contributed by atoms with van der Waals surface area (Å²) < 4.78 is 1.38. The van der Waals surface area contributed by atoms with Crippen molar-refractivity contribution in [3.8, 4) is 0 Å².